The lowest BCUT2D eigenvalue weighted by Crippen LogP contribution is -1.93. The van der Waals surface area contributed by atoms with Crippen molar-refractivity contribution in [3.63, 3.8) is 0 Å². The Morgan fingerprint density at radius 2 is 0.667 bits per heavy atom. The molecule has 0 radical (unpaired) electrons. The topological polar surface area (TPSA) is 36.1 Å². The molecule has 0 atom stereocenters. The minimum absolute atomic E-state index is 0.927. The summed E-state index contributed by atoms with van der Waals surface area (Å²) in [5.41, 5.74) is 14.8. The van der Waals surface area contributed by atoms with Gasteiger partial charge in [0.25, 0.3) is 0 Å². The van der Waals surface area contributed by atoms with E-state index < -0.39 is 0 Å². The van der Waals surface area contributed by atoms with Crippen LogP contribution in [0, 0.1) is 20.8 Å². The van der Waals surface area contributed by atoms with Gasteiger partial charge in [0, 0.05) is 54.5 Å². The number of furan rings is 2. The highest BCUT2D eigenvalue weighted by Crippen LogP contribution is 2.38. The van der Waals surface area contributed by atoms with Crippen LogP contribution in [0.25, 0.3) is 98.9 Å². The maximum Gasteiger partial charge on any atom is 0.135 e. The van der Waals surface area contributed by atoms with Gasteiger partial charge in [-0.3, -0.25) is 0 Å². The highest BCUT2D eigenvalue weighted by Gasteiger charge is 2.16. The number of fused-ring (bicyclic) bond motifs is 12. The molecule has 12 rings (SSSR count). The van der Waals surface area contributed by atoms with Gasteiger partial charge in [-0.25, -0.2) is 0 Å². The van der Waals surface area contributed by atoms with Gasteiger partial charge in [-0.1, -0.05) is 124 Å². The zero-order valence-electron chi connectivity index (χ0n) is 35.5. The predicted octanol–water partition coefficient (Wildman–Crippen LogP) is 16.7. The fourth-order valence-corrected chi connectivity index (χ4v) is 8.60. The molecular weight excluding hydrogens is 733 g/mol. The van der Waals surface area contributed by atoms with Crippen LogP contribution in [0.1, 0.15) is 50.8 Å². The molecule has 0 aliphatic carbocycles. The molecule has 4 aromatic heterocycles. The average Bonchev–Trinajstić information content (AvgIpc) is 4.02. The van der Waals surface area contributed by atoms with Crippen LogP contribution in [0.5, 0.6) is 0 Å². The maximum atomic E-state index is 6.06. The van der Waals surface area contributed by atoms with Gasteiger partial charge >= 0.3 is 0 Å². The number of aromatic nitrogens is 2. The number of rotatable bonds is 2. The summed E-state index contributed by atoms with van der Waals surface area (Å²) in [6.45, 7) is 14.7. The summed E-state index contributed by atoms with van der Waals surface area (Å²) in [6.07, 6.45) is 1.25. The summed E-state index contributed by atoms with van der Waals surface area (Å²) >= 11 is 0. The molecule has 0 amide bonds. The predicted molar refractivity (Wildman–Crippen MR) is 258 cm³/mol. The Morgan fingerprint density at radius 3 is 1.17 bits per heavy atom. The molecule has 0 spiro atoms. The number of aryl methyl sites for hydroxylation is 3. The van der Waals surface area contributed by atoms with Gasteiger partial charge < -0.3 is 18.0 Å². The van der Waals surface area contributed by atoms with E-state index in [4.69, 9.17) is 8.83 Å². The van der Waals surface area contributed by atoms with Crippen LogP contribution in [0.4, 0.5) is 0 Å². The lowest BCUT2D eigenvalue weighted by molar-refractivity contribution is 0.668. The van der Waals surface area contributed by atoms with E-state index in [-0.39, 0.29) is 0 Å². The molecule has 12 aromatic rings. The number of hydrogen-bond acceptors (Lipinski definition) is 2. The third kappa shape index (κ3) is 6.59. The van der Waals surface area contributed by atoms with E-state index in [1.807, 2.05) is 26.0 Å². The molecule has 0 saturated heterocycles. The third-order valence-electron chi connectivity index (χ3n) is 11.1. The zero-order valence-corrected chi connectivity index (χ0v) is 35.5. The van der Waals surface area contributed by atoms with Crippen molar-refractivity contribution in [3.05, 3.63) is 180 Å². The Hall–Kier alpha value is -7.04. The van der Waals surface area contributed by atoms with E-state index >= 15 is 0 Å². The van der Waals surface area contributed by atoms with Crippen molar-refractivity contribution in [2.45, 2.75) is 54.9 Å². The van der Waals surface area contributed by atoms with E-state index in [1.165, 1.54) is 72.1 Å². The van der Waals surface area contributed by atoms with Crippen LogP contribution >= 0.6 is 0 Å². The molecule has 60 heavy (non-hydrogen) atoms. The highest BCUT2D eigenvalue weighted by atomic mass is 16.3. The molecule has 4 heteroatoms. The van der Waals surface area contributed by atoms with E-state index in [0.29, 0.717) is 0 Å². The molecule has 0 fully saturated rings. The standard InChI is InChI=1S/C26H19NO.C25H17NO.C3H8.C2H6/c1-16-7-10-24-20(13-16)19-5-3-4-6-23(19)27(24)18-9-12-26-22(15-18)21-14-17(2)8-11-25(21)28-26;1-16-10-12-23-20(14-16)18-6-2-4-8-22(18)26(23)17-11-13-25-21(15-17)19-7-3-5-9-24(19)27-25;1-3-2;1-2/h3-15H,1-2H3;2-15H,1H3;3H2,1-2H3;1-2H3. The van der Waals surface area contributed by atoms with Crippen molar-refractivity contribution < 1.29 is 8.83 Å². The van der Waals surface area contributed by atoms with E-state index in [9.17, 15) is 0 Å². The Bertz CT molecular complexity index is 3500. The largest absolute Gasteiger partial charge is 0.456 e. The second kappa shape index (κ2) is 16.0. The number of benzene rings is 8. The molecule has 0 unspecified atom stereocenters. The molecular formula is C56H50N2O2. The van der Waals surface area contributed by atoms with E-state index in [1.54, 1.807) is 0 Å². The van der Waals surface area contributed by atoms with Gasteiger partial charge in [0.2, 0.25) is 0 Å². The molecule has 0 N–H and O–H groups in total. The average molecular weight is 783 g/mol. The first-order valence-electron chi connectivity index (χ1n) is 21.2. The normalized spacial score (nSPS) is 11.3. The number of nitrogens with zero attached hydrogens (tertiary/aromatic N) is 2. The minimum Gasteiger partial charge on any atom is -0.456 e. The highest BCUT2D eigenvalue weighted by molar-refractivity contribution is 6.12. The third-order valence-corrected chi connectivity index (χ3v) is 11.1. The van der Waals surface area contributed by atoms with Crippen molar-refractivity contribution in [2.24, 2.45) is 0 Å². The van der Waals surface area contributed by atoms with Gasteiger partial charge in [0.15, 0.2) is 0 Å². The fourth-order valence-electron chi connectivity index (χ4n) is 8.60. The van der Waals surface area contributed by atoms with E-state index in [0.717, 1.165) is 49.9 Å². The van der Waals surface area contributed by atoms with Crippen LogP contribution in [0.2, 0.25) is 0 Å². The van der Waals surface area contributed by atoms with Gasteiger partial charge in [-0.2, -0.15) is 0 Å². The summed E-state index contributed by atoms with van der Waals surface area (Å²) in [6, 6.07) is 58.2. The number of para-hydroxylation sites is 3. The Kier molecular flexibility index (Phi) is 10.2. The van der Waals surface area contributed by atoms with Crippen LogP contribution in [-0.2, 0) is 0 Å². The van der Waals surface area contributed by atoms with Crippen molar-refractivity contribution >= 4 is 87.5 Å². The monoisotopic (exact) mass is 782 g/mol. The molecule has 4 heterocycles. The van der Waals surface area contributed by atoms with E-state index in [2.05, 4.69) is 195 Å². The molecule has 0 saturated carbocycles. The smallest absolute Gasteiger partial charge is 0.135 e. The second-order valence-electron chi connectivity index (χ2n) is 15.5. The summed E-state index contributed by atoms with van der Waals surface area (Å²) in [5.74, 6) is 0. The SMILES string of the molecule is CC.CCC.Cc1ccc2c(c1)c1ccccc1n2-c1ccc2oc3ccccc3c2c1.Cc1ccc2oc3ccc(-n4c5ccccc5c5cc(C)ccc54)cc3c2c1. The lowest BCUT2D eigenvalue weighted by Gasteiger charge is -2.08. The van der Waals surface area contributed by atoms with Crippen molar-refractivity contribution in [2.75, 3.05) is 0 Å². The molecule has 4 nitrogen and oxygen atoms in total. The summed E-state index contributed by atoms with van der Waals surface area (Å²) in [5, 5.41) is 9.81. The Labute approximate surface area is 350 Å². The van der Waals surface area contributed by atoms with Gasteiger partial charge in [0.1, 0.15) is 22.3 Å². The van der Waals surface area contributed by atoms with Crippen LogP contribution in [0.15, 0.2) is 173 Å². The Balaban J connectivity index is 0.000000140. The quantitative estimate of drug-likeness (QED) is 0.175. The summed E-state index contributed by atoms with van der Waals surface area (Å²) in [4.78, 5) is 0. The minimum atomic E-state index is 0.927. The first-order valence-corrected chi connectivity index (χ1v) is 21.2. The van der Waals surface area contributed by atoms with Gasteiger partial charge in [-0.05, 0) is 112 Å². The lowest BCUT2D eigenvalue weighted by atomic mass is 10.1. The van der Waals surface area contributed by atoms with Crippen LogP contribution in [-0.4, -0.2) is 9.13 Å². The Morgan fingerprint density at radius 1 is 0.333 bits per heavy atom. The zero-order chi connectivity index (χ0) is 41.5. The first-order chi connectivity index (χ1) is 29.4. The van der Waals surface area contributed by atoms with Gasteiger partial charge in [-0.15, -0.1) is 0 Å². The molecule has 0 bridgehead atoms. The first kappa shape index (κ1) is 38.5. The molecule has 8 aromatic carbocycles. The fraction of sp³-hybridized carbons (Fsp3) is 0.143. The van der Waals surface area contributed by atoms with Crippen molar-refractivity contribution in [1.29, 1.82) is 0 Å². The molecule has 0 aliphatic heterocycles. The van der Waals surface area contributed by atoms with Crippen molar-refractivity contribution in [3.8, 4) is 11.4 Å². The van der Waals surface area contributed by atoms with Crippen LogP contribution < -0.4 is 0 Å². The molecule has 0 aliphatic rings. The van der Waals surface area contributed by atoms with Gasteiger partial charge in [0.05, 0.1) is 22.1 Å². The summed E-state index contributed by atoms with van der Waals surface area (Å²) < 4.78 is 16.8. The second-order valence-corrected chi connectivity index (χ2v) is 15.5. The van der Waals surface area contributed by atoms with Crippen molar-refractivity contribution in [1.82, 2.24) is 9.13 Å². The number of hydrogen-bond donors (Lipinski definition) is 0. The molecule has 296 valence electrons. The maximum absolute atomic E-state index is 6.06. The summed E-state index contributed by atoms with van der Waals surface area (Å²) in [7, 11) is 0. The van der Waals surface area contributed by atoms with Crippen LogP contribution in [0.3, 0.4) is 0 Å².